The second-order valence-electron chi connectivity index (χ2n) is 16.3. The van der Waals surface area contributed by atoms with Gasteiger partial charge in [0.15, 0.2) is 6.10 Å². The van der Waals surface area contributed by atoms with Crippen LogP contribution in [0.2, 0.25) is 0 Å². The number of rotatable bonds is 39. The first-order valence-corrected chi connectivity index (χ1v) is 25.6. The van der Waals surface area contributed by atoms with Gasteiger partial charge in [0.1, 0.15) is 43.2 Å². The van der Waals surface area contributed by atoms with E-state index in [1.807, 2.05) is 12.2 Å². The van der Waals surface area contributed by atoms with E-state index in [0.717, 1.165) is 89.9 Å². The SMILES string of the molecule is CCCCC/C=C\C/C=C\C/C=C\C/C=C\CCCCCC(=O)O[C@H](COC(=O)CCC/C=C\C/C=C\C/C=C\C/C=C\CCCCCO)COP(=O)(O)OC1[C@H](O)[C@H](O)C(O)[C@H](O)[C@H]1O. The molecule has 1 aliphatic carbocycles. The third-order valence-electron chi connectivity index (χ3n) is 10.5. The normalized spacial score (nSPS) is 22.1. The van der Waals surface area contributed by atoms with Crippen molar-refractivity contribution in [2.45, 2.75) is 191 Å². The van der Waals surface area contributed by atoms with Crippen molar-refractivity contribution in [3.8, 4) is 0 Å². The molecule has 0 aromatic carbocycles. The molecule has 0 bridgehead atoms. The molecule has 0 saturated heterocycles. The summed E-state index contributed by atoms with van der Waals surface area (Å²) < 4.78 is 33.5. The molecule has 0 spiro atoms. The molecule has 376 valence electrons. The molecule has 0 aromatic rings. The Bertz CT molecular complexity index is 1520. The van der Waals surface area contributed by atoms with Gasteiger partial charge in [0.05, 0.1) is 6.61 Å². The third kappa shape index (κ3) is 32.4. The van der Waals surface area contributed by atoms with Gasteiger partial charge in [-0.05, 0) is 103 Å². The zero-order valence-corrected chi connectivity index (χ0v) is 40.3. The molecular formula is C51H83O14P. The summed E-state index contributed by atoms with van der Waals surface area (Å²) in [5.74, 6) is -1.23. The molecule has 3 unspecified atom stereocenters. The average Bonchev–Trinajstić information content (AvgIpc) is 3.30. The minimum Gasteiger partial charge on any atom is -0.462 e. The number of ether oxygens (including phenoxy) is 2. The zero-order chi connectivity index (χ0) is 48.5. The molecule has 0 amide bonds. The molecule has 15 heteroatoms. The number of aliphatic hydroxyl groups is 6. The van der Waals surface area contributed by atoms with Gasteiger partial charge in [-0.25, -0.2) is 4.57 Å². The molecule has 0 heterocycles. The monoisotopic (exact) mass is 951 g/mol. The summed E-state index contributed by atoms with van der Waals surface area (Å²) in [6, 6.07) is 0. The molecule has 0 aromatic heterocycles. The van der Waals surface area contributed by atoms with Crippen LogP contribution >= 0.6 is 7.82 Å². The van der Waals surface area contributed by atoms with E-state index < -0.39 is 75.7 Å². The maximum Gasteiger partial charge on any atom is 0.472 e. The van der Waals surface area contributed by atoms with E-state index in [0.29, 0.717) is 19.3 Å². The van der Waals surface area contributed by atoms with Crippen molar-refractivity contribution in [2.24, 2.45) is 0 Å². The molecule has 8 atom stereocenters. The number of carbonyl (C=O) groups is 2. The number of hydrogen-bond donors (Lipinski definition) is 7. The number of carbonyl (C=O) groups excluding carboxylic acids is 2. The number of aliphatic hydroxyl groups excluding tert-OH is 6. The summed E-state index contributed by atoms with van der Waals surface area (Å²) in [5.41, 5.74) is 0. The Balaban J connectivity index is 2.52. The van der Waals surface area contributed by atoms with Crippen LogP contribution in [0.5, 0.6) is 0 Å². The Hall–Kier alpha value is -3.27. The van der Waals surface area contributed by atoms with Crippen molar-refractivity contribution in [3.63, 3.8) is 0 Å². The summed E-state index contributed by atoms with van der Waals surface area (Å²) in [5, 5.41) is 59.0. The van der Waals surface area contributed by atoms with Crippen molar-refractivity contribution in [1.82, 2.24) is 0 Å². The van der Waals surface area contributed by atoms with E-state index in [1.54, 1.807) is 0 Å². The predicted molar refractivity (Wildman–Crippen MR) is 259 cm³/mol. The number of phosphoric ester groups is 1. The molecule has 1 aliphatic rings. The fourth-order valence-corrected chi connectivity index (χ4v) is 7.51. The highest BCUT2D eigenvalue weighted by atomic mass is 31.2. The van der Waals surface area contributed by atoms with E-state index in [2.05, 4.69) is 92.0 Å². The van der Waals surface area contributed by atoms with Gasteiger partial charge < -0.3 is 45.0 Å². The van der Waals surface area contributed by atoms with Crippen LogP contribution in [0.3, 0.4) is 0 Å². The van der Waals surface area contributed by atoms with Gasteiger partial charge in [0.2, 0.25) is 0 Å². The molecular weight excluding hydrogens is 868 g/mol. The Morgan fingerprint density at radius 1 is 0.500 bits per heavy atom. The number of esters is 2. The van der Waals surface area contributed by atoms with E-state index in [-0.39, 0.29) is 19.4 Å². The number of allylic oxidation sites excluding steroid dienone is 16. The van der Waals surface area contributed by atoms with Gasteiger partial charge in [-0.2, -0.15) is 0 Å². The molecule has 0 aliphatic heterocycles. The predicted octanol–water partition coefficient (Wildman–Crippen LogP) is 8.81. The highest BCUT2D eigenvalue weighted by Gasteiger charge is 2.51. The highest BCUT2D eigenvalue weighted by Crippen LogP contribution is 2.47. The molecule has 1 fully saturated rings. The maximum absolute atomic E-state index is 12.8. The third-order valence-corrected chi connectivity index (χ3v) is 11.4. The van der Waals surface area contributed by atoms with E-state index in [4.69, 9.17) is 23.6 Å². The van der Waals surface area contributed by atoms with E-state index >= 15 is 0 Å². The Morgan fingerprint density at radius 3 is 1.35 bits per heavy atom. The van der Waals surface area contributed by atoms with Crippen molar-refractivity contribution in [2.75, 3.05) is 19.8 Å². The lowest BCUT2D eigenvalue weighted by Gasteiger charge is -2.41. The van der Waals surface area contributed by atoms with Gasteiger partial charge in [-0.1, -0.05) is 130 Å². The first-order chi connectivity index (χ1) is 31.9. The van der Waals surface area contributed by atoms with Gasteiger partial charge in [-0.15, -0.1) is 0 Å². The van der Waals surface area contributed by atoms with Crippen molar-refractivity contribution >= 4 is 19.8 Å². The van der Waals surface area contributed by atoms with E-state index in [9.17, 15) is 44.6 Å². The van der Waals surface area contributed by atoms with Gasteiger partial charge in [-0.3, -0.25) is 18.6 Å². The molecule has 1 rings (SSSR count). The van der Waals surface area contributed by atoms with Crippen molar-refractivity contribution in [1.29, 1.82) is 0 Å². The second-order valence-corrected chi connectivity index (χ2v) is 17.7. The molecule has 0 radical (unpaired) electrons. The lowest BCUT2D eigenvalue weighted by molar-refractivity contribution is -0.220. The first-order valence-electron chi connectivity index (χ1n) is 24.1. The van der Waals surface area contributed by atoms with Crippen LogP contribution in [0.4, 0.5) is 0 Å². The van der Waals surface area contributed by atoms with Crippen LogP contribution in [0, 0.1) is 0 Å². The standard InChI is InChI=1S/C51H83O14P/c1-2-3-4-5-6-7-8-9-10-11-12-14-18-21-24-27-30-33-36-39-45(54)64-43(42-63-66(60,61)65-51-49(58)47(56)46(55)48(57)50(51)59)41-62-44(53)38-35-32-29-26-23-20-17-15-13-16-19-22-25-28-31-34-37-40-52/h6-7,9-10,12-14,16-17,20-22,24-26,29,43,46-52,55-59H,2-5,8,11,15,18-19,23,27-28,30-42H2,1H3,(H,60,61)/b7-6-,10-9-,14-12-,16-13-,20-17-,24-21-,25-22-,29-26-/t43-,46?,47-,48+,49-,50-,51?/m1/s1. The lowest BCUT2D eigenvalue weighted by atomic mass is 9.85. The van der Waals surface area contributed by atoms with Gasteiger partial charge in [0.25, 0.3) is 0 Å². The van der Waals surface area contributed by atoms with Crippen molar-refractivity contribution < 1.29 is 68.2 Å². The summed E-state index contributed by atoms with van der Waals surface area (Å²) in [6.45, 7) is 1.19. The van der Waals surface area contributed by atoms with Crippen LogP contribution in [-0.4, -0.2) is 110 Å². The van der Waals surface area contributed by atoms with Gasteiger partial charge >= 0.3 is 19.8 Å². The Labute approximate surface area is 394 Å². The molecule has 14 nitrogen and oxygen atoms in total. The maximum atomic E-state index is 12.8. The van der Waals surface area contributed by atoms with Crippen LogP contribution in [0.1, 0.15) is 148 Å². The highest BCUT2D eigenvalue weighted by molar-refractivity contribution is 7.47. The smallest absolute Gasteiger partial charge is 0.462 e. The summed E-state index contributed by atoms with van der Waals surface area (Å²) in [6.07, 6.45) is 39.0. The second kappa shape index (κ2) is 40.8. The fourth-order valence-electron chi connectivity index (χ4n) is 6.54. The summed E-state index contributed by atoms with van der Waals surface area (Å²) >= 11 is 0. The number of phosphoric acid groups is 1. The quantitative estimate of drug-likeness (QED) is 0.0132. The van der Waals surface area contributed by atoms with Crippen molar-refractivity contribution in [3.05, 3.63) is 97.2 Å². The van der Waals surface area contributed by atoms with Crippen LogP contribution in [0.25, 0.3) is 0 Å². The van der Waals surface area contributed by atoms with Crippen LogP contribution in [-0.2, 0) is 32.7 Å². The average molecular weight is 951 g/mol. The number of unbranched alkanes of at least 4 members (excludes halogenated alkanes) is 10. The lowest BCUT2D eigenvalue weighted by Crippen LogP contribution is -2.64. The Morgan fingerprint density at radius 2 is 0.894 bits per heavy atom. The molecule has 7 N–H and O–H groups in total. The largest absolute Gasteiger partial charge is 0.472 e. The zero-order valence-electron chi connectivity index (χ0n) is 39.4. The Kier molecular flexibility index (Phi) is 37.5. The minimum absolute atomic E-state index is 0.0362. The summed E-state index contributed by atoms with van der Waals surface area (Å²) in [4.78, 5) is 35.7. The fraction of sp³-hybridized carbons (Fsp3) is 0.647. The molecule has 66 heavy (non-hydrogen) atoms. The van der Waals surface area contributed by atoms with Crippen LogP contribution < -0.4 is 0 Å². The minimum atomic E-state index is -5.15. The topological polar surface area (TPSA) is 230 Å². The van der Waals surface area contributed by atoms with E-state index in [1.165, 1.54) is 19.3 Å². The number of hydrogen-bond acceptors (Lipinski definition) is 13. The molecule has 1 saturated carbocycles. The van der Waals surface area contributed by atoms with Crippen LogP contribution in [0.15, 0.2) is 97.2 Å². The summed E-state index contributed by atoms with van der Waals surface area (Å²) in [7, 11) is -5.15. The van der Waals surface area contributed by atoms with Gasteiger partial charge in [0, 0.05) is 19.4 Å². The first kappa shape index (κ1) is 60.7.